The molecule has 30 heavy (non-hydrogen) atoms. The number of rotatable bonds is 3. The van der Waals surface area contributed by atoms with Crippen molar-refractivity contribution in [3.8, 4) is 11.4 Å². The van der Waals surface area contributed by atoms with E-state index in [2.05, 4.69) is 15.3 Å². The number of aromatic nitrogens is 2. The lowest BCUT2D eigenvalue weighted by molar-refractivity contribution is -0.137. The van der Waals surface area contributed by atoms with Gasteiger partial charge in [0.25, 0.3) is 11.5 Å². The lowest BCUT2D eigenvalue weighted by atomic mass is 9.86. The van der Waals surface area contributed by atoms with Crippen molar-refractivity contribution in [2.45, 2.75) is 31.5 Å². The minimum Gasteiger partial charge on any atom is -0.344 e. The summed E-state index contributed by atoms with van der Waals surface area (Å²) >= 11 is 0. The highest BCUT2D eigenvalue weighted by atomic mass is 19.4. The molecule has 1 aliphatic carbocycles. The van der Waals surface area contributed by atoms with Crippen LogP contribution in [-0.2, 0) is 12.6 Å². The van der Waals surface area contributed by atoms with Gasteiger partial charge in [0.05, 0.1) is 11.6 Å². The first-order valence-electron chi connectivity index (χ1n) is 9.49. The topological polar surface area (TPSA) is 74.8 Å². The Hall–Kier alpha value is -3.42. The summed E-state index contributed by atoms with van der Waals surface area (Å²) in [6.45, 7) is 0. The number of alkyl halides is 3. The van der Waals surface area contributed by atoms with Gasteiger partial charge in [-0.15, -0.1) is 0 Å². The summed E-state index contributed by atoms with van der Waals surface area (Å²) in [7, 11) is 0. The summed E-state index contributed by atoms with van der Waals surface area (Å²) in [4.78, 5) is 31.7. The Labute approximate surface area is 170 Å². The number of fused-ring (bicyclic) bond motifs is 1. The molecule has 0 radical (unpaired) electrons. The Bertz CT molecular complexity index is 1140. The van der Waals surface area contributed by atoms with Crippen molar-refractivity contribution >= 4 is 5.91 Å². The molecule has 4 rings (SSSR count). The van der Waals surface area contributed by atoms with E-state index in [1.807, 2.05) is 6.07 Å². The summed E-state index contributed by atoms with van der Waals surface area (Å²) in [6.07, 6.45) is -2.64. The number of nitrogens with zero attached hydrogens (tertiary/aromatic N) is 1. The van der Waals surface area contributed by atoms with Gasteiger partial charge in [0.1, 0.15) is 11.5 Å². The first kappa shape index (κ1) is 19.9. The van der Waals surface area contributed by atoms with Crippen LogP contribution in [0.25, 0.3) is 11.4 Å². The molecular weight excluding hydrogens is 395 g/mol. The highest BCUT2D eigenvalue weighted by Gasteiger charge is 2.32. The van der Waals surface area contributed by atoms with E-state index < -0.39 is 29.2 Å². The number of benzene rings is 2. The molecule has 8 heteroatoms. The summed E-state index contributed by atoms with van der Waals surface area (Å²) in [5.74, 6) is -0.275. The zero-order chi connectivity index (χ0) is 21.3. The Morgan fingerprint density at radius 2 is 1.87 bits per heavy atom. The second-order valence-corrected chi connectivity index (χ2v) is 7.17. The fourth-order valence-corrected chi connectivity index (χ4v) is 3.68. The number of H-pyrrole nitrogens is 1. The van der Waals surface area contributed by atoms with Crippen LogP contribution in [0, 0.1) is 0 Å². The monoisotopic (exact) mass is 413 g/mol. The molecule has 1 amide bonds. The first-order chi connectivity index (χ1) is 14.3. The largest absolute Gasteiger partial charge is 0.416 e. The van der Waals surface area contributed by atoms with Crippen molar-refractivity contribution in [3.63, 3.8) is 0 Å². The molecule has 1 aliphatic rings. The summed E-state index contributed by atoms with van der Waals surface area (Å²) in [5, 5.41) is 2.82. The van der Waals surface area contributed by atoms with E-state index in [-0.39, 0.29) is 11.5 Å². The molecule has 0 aliphatic heterocycles. The van der Waals surface area contributed by atoms with Gasteiger partial charge >= 0.3 is 6.18 Å². The Morgan fingerprint density at radius 3 is 2.60 bits per heavy atom. The fourth-order valence-electron chi connectivity index (χ4n) is 3.68. The Morgan fingerprint density at radius 1 is 1.10 bits per heavy atom. The van der Waals surface area contributed by atoms with Gasteiger partial charge in [-0.1, -0.05) is 36.4 Å². The van der Waals surface area contributed by atoms with E-state index in [1.165, 1.54) is 6.07 Å². The van der Waals surface area contributed by atoms with Crippen molar-refractivity contribution in [3.05, 3.63) is 87.3 Å². The second-order valence-electron chi connectivity index (χ2n) is 7.17. The minimum atomic E-state index is -4.41. The van der Waals surface area contributed by atoms with Gasteiger partial charge < -0.3 is 10.3 Å². The van der Waals surface area contributed by atoms with E-state index in [0.29, 0.717) is 36.0 Å². The standard InChI is InChI=1S/C22H18F3N3O2/c23-22(24,25)15-9-10-16-14(11-15)7-4-8-17(16)27-21(30)18-12-19(29)28-20(26-18)13-5-2-1-3-6-13/h1-3,5-6,9-12,17H,4,7-8H2,(H,27,30)(H,26,28,29)/t17-/m1/s1. The second kappa shape index (κ2) is 7.78. The van der Waals surface area contributed by atoms with Crippen molar-refractivity contribution < 1.29 is 18.0 Å². The normalized spacial score (nSPS) is 16.0. The van der Waals surface area contributed by atoms with Gasteiger partial charge in [0, 0.05) is 11.6 Å². The zero-order valence-electron chi connectivity index (χ0n) is 15.8. The van der Waals surface area contributed by atoms with Crippen LogP contribution in [0.15, 0.2) is 59.4 Å². The van der Waals surface area contributed by atoms with Crippen molar-refractivity contribution in [1.29, 1.82) is 0 Å². The number of aryl methyl sites for hydroxylation is 1. The van der Waals surface area contributed by atoms with E-state index in [1.54, 1.807) is 24.3 Å². The molecular formula is C22H18F3N3O2. The van der Waals surface area contributed by atoms with Gasteiger partial charge in [-0.3, -0.25) is 9.59 Å². The fraction of sp³-hybridized carbons (Fsp3) is 0.227. The summed E-state index contributed by atoms with van der Waals surface area (Å²) < 4.78 is 39.0. The average molecular weight is 413 g/mol. The maximum atomic E-state index is 13.0. The number of hydrogen-bond acceptors (Lipinski definition) is 3. The number of amides is 1. The third-order valence-electron chi connectivity index (χ3n) is 5.11. The highest BCUT2D eigenvalue weighted by Crippen LogP contribution is 2.35. The van der Waals surface area contributed by atoms with Crippen molar-refractivity contribution in [2.75, 3.05) is 0 Å². The molecule has 0 spiro atoms. The molecule has 2 N–H and O–H groups in total. The van der Waals surface area contributed by atoms with Gasteiger partial charge in [0.2, 0.25) is 0 Å². The minimum absolute atomic E-state index is 0.0448. The quantitative estimate of drug-likeness (QED) is 0.674. The summed E-state index contributed by atoms with van der Waals surface area (Å²) in [5.41, 5.74) is 0.689. The molecule has 0 saturated heterocycles. The third kappa shape index (κ3) is 4.12. The predicted octanol–water partition coefficient (Wildman–Crippen LogP) is 4.26. The molecule has 0 saturated carbocycles. The van der Waals surface area contributed by atoms with Gasteiger partial charge in [-0.25, -0.2) is 4.98 Å². The van der Waals surface area contributed by atoms with Crippen LogP contribution in [0.1, 0.15) is 46.1 Å². The number of hydrogen-bond donors (Lipinski definition) is 2. The van der Waals surface area contributed by atoms with Gasteiger partial charge in [0.15, 0.2) is 0 Å². The van der Waals surface area contributed by atoms with Crippen LogP contribution < -0.4 is 10.9 Å². The number of carbonyl (C=O) groups excluding carboxylic acids is 1. The highest BCUT2D eigenvalue weighted by molar-refractivity contribution is 5.92. The molecule has 1 heterocycles. The van der Waals surface area contributed by atoms with Crippen LogP contribution in [0.3, 0.4) is 0 Å². The van der Waals surface area contributed by atoms with E-state index in [0.717, 1.165) is 18.2 Å². The van der Waals surface area contributed by atoms with E-state index in [9.17, 15) is 22.8 Å². The number of nitrogens with one attached hydrogen (secondary N) is 2. The average Bonchev–Trinajstić information content (AvgIpc) is 2.73. The maximum Gasteiger partial charge on any atom is 0.416 e. The molecule has 5 nitrogen and oxygen atoms in total. The smallest absolute Gasteiger partial charge is 0.344 e. The first-order valence-corrected chi connectivity index (χ1v) is 9.49. The molecule has 1 aromatic heterocycles. The van der Waals surface area contributed by atoms with Crippen LogP contribution in [-0.4, -0.2) is 15.9 Å². The molecule has 3 aromatic rings. The summed E-state index contributed by atoms with van der Waals surface area (Å²) in [6, 6.07) is 13.2. The number of carbonyl (C=O) groups is 1. The van der Waals surface area contributed by atoms with E-state index >= 15 is 0 Å². The maximum absolute atomic E-state index is 13.0. The Balaban J connectivity index is 1.60. The molecule has 0 bridgehead atoms. The van der Waals surface area contributed by atoms with Crippen LogP contribution in [0.5, 0.6) is 0 Å². The molecule has 2 aromatic carbocycles. The molecule has 0 fully saturated rings. The predicted molar refractivity (Wildman–Crippen MR) is 105 cm³/mol. The molecule has 154 valence electrons. The van der Waals surface area contributed by atoms with Crippen LogP contribution in [0.4, 0.5) is 13.2 Å². The SMILES string of the molecule is O=C(N[C@@H]1CCCc2cc(C(F)(F)F)ccc21)c1cc(=O)[nH]c(-c2ccccc2)n1. The third-order valence-corrected chi connectivity index (χ3v) is 5.11. The zero-order valence-corrected chi connectivity index (χ0v) is 15.8. The lowest BCUT2D eigenvalue weighted by Gasteiger charge is -2.27. The molecule has 1 atom stereocenters. The van der Waals surface area contributed by atoms with Crippen LogP contribution >= 0.6 is 0 Å². The van der Waals surface area contributed by atoms with Crippen molar-refractivity contribution in [1.82, 2.24) is 15.3 Å². The Kier molecular flexibility index (Phi) is 5.15. The van der Waals surface area contributed by atoms with Crippen LogP contribution in [0.2, 0.25) is 0 Å². The number of halogens is 3. The van der Waals surface area contributed by atoms with Gasteiger partial charge in [-0.2, -0.15) is 13.2 Å². The van der Waals surface area contributed by atoms with Gasteiger partial charge in [-0.05, 0) is 42.5 Å². The van der Waals surface area contributed by atoms with E-state index in [4.69, 9.17) is 0 Å². The van der Waals surface area contributed by atoms with Crippen molar-refractivity contribution in [2.24, 2.45) is 0 Å². The molecule has 0 unspecified atom stereocenters. The lowest BCUT2D eigenvalue weighted by Crippen LogP contribution is -2.32. The number of aromatic amines is 1.